The Labute approximate surface area is 149 Å². The molecule has 138 valence electrons. The number of benzene rings is 1. The third-order valence-electron chi connectivity index (χ3n) is 5.05. The third kappa shape index (κ3) is 4.64. The van der Waals surface area contributed by atoms with E-state index in [1.807, 2.05) is 36.1 Å². The number of urea groups is 1. The summed E-state index contributed by atoms with van der Waals surface area (Å²) in [4.78, 5) is 14.4. The molecule has 6 heteroatoms. The first-order valence-corrected chi connectivity index (χ1v) is 9.15. The van der Waals surface area contributed by atoms with Crippen LogP contribution in [0.1, 0.15) is 24.8 Å². The number of ether oxygens (including phenoxy) is 2. The molecule has 0 spiro atoms. The van der Waals surface area contributed by atoms with Crippen LogP contribution in [0.25, 0.3) is 0 Å². The van der Waals surface area contributed by atoms with Gasteiger partial charge >= 0.3 is 6.03 Å². The van der Waals surface area contributed by atoms with Crippen molar-refractivity contribution in [2.45, 2.75) is 38.3 Å². The second-order valence-electron chi connectivity index (χ2n) is 6.89. The van der Waals surface area contributed by atoms with E-state index in [4.69, 9.17) is 9.47 Å². The van der Waals surface area contributed by atoms with Crippen LogP contribution in [0, 0.1) is 12.8 Å². The lowest BCUT2D eigenvalue weighted by Crippen LogP contribution is -2.51. The molecule has 0 bridgehead atoms. The van der Waals surface area contributed by atoms with Gasteiger partial charge < -0.3 is 24.8 Å². The molecule has 2 fully saturated rings. The van der Waals surface area contributed by atoms with Crippen molar-refractivity contribution >= 4 is 6.03 Å². The third-order valence-corrected chi connectivity index (χ3v) is 5.05. The Balaban J connectivity index is 1.45. The van der Waals surface area contributed by atoms with Crippen molar-refractivity contribution in [3.05, 3.63) is 29.8 Å². The topological polar surface area (TPSA) is 71.0 Å². The van der Waals surface area contributed by atoms with Gasteiger partial charge in [-0.25, -0.2) is 4.79 Å². The van der Waals surface area contributed by atoms with Crippen molar-refractivity contribution < 1.29 is 19.4 Å². The Hall–Kier alpha value is -1.79. The van der Waals surface area contributed by atoms with Gasteiger partial charge in [-0.3, -0.25) is 0 Å². The number of aliphatic hydroxyl groups is 1. The standard InChI is InChI=1S/C19H28N2O4/c1-14-4-2-5-15(12-14)25-11-8-20-19(23)21-9-3-6-17(21)16-13-24-10-7-18(16)22/h2,4-5,12,16-18,22H,3,6-11,13H2,1H3,(H,20,23). The van der Waals surface area contributed by atoms with E-state index in [2.05, 4.69) is 5.32 Å². The molecule has 0 aliphatic carbocycles. The second-order valence-corrected chi connectivity index (χ2v) is 6.89. The predicted octanol–water partition coefficient (Wildman–Crippen LogP) is 1.95. The summed E-state index contributed by atoms with van der Waals surface area (Å²) in [6.45, 7) is 4.78. The first kappa shape index (κ1) is 18.0. The molecule has 3 unspecified atom stereocenters. The zero-order valence-electron chi connectivity index (χ0n) is 14.8. The predicted molar refractivity (Wildman–Crippen MR) is 94.7 cm³/mol. The van der Waals surface area contributed by atoms with Crippen molar-refractivity contribution in [1.82, 2.24) is 10.2 Å². The summed E-state index contributed by atoms with van der Waals surface area (Å²) in [5, 5.41) is 13.2. The van der Waals surface area contributed by atoms with Crippen LogP contribution in [-0.4, -0.2) is 61.1 Å². The minimum atomic E-state index is -0.378. The largest absolute Gasteiger partial charge is 0.492 e. The lowest BCUT2D eigenvalue weighted by molar-refractivity contribution is -0.0576. The van der Waals surface area contributed by atoms with Crippen LogP contribution in [-0.2, 0) is 4.74 Å². The molecule has 2 saturated heterocycles. The first-order valence-electron chi connectivity index (χ1n) is 9.15. The van der Waals surface area contributed by atoms with E-state index in [-0.39, 0.29) is 24.1 Å². The van der Waals surface area contributed by atoms with Crippen LogP contribution in [0.2, 0.25) is 0 Å². The quantitative estimate of drug-likeness (QED) is 0.798. The summed E-state index contributed by atoms with van der Waals surface area (Å²) in [6.07, 6.45) is 2.18. The highest BCUT2D eigenvalue weighted by molar-refractivity contribution is 5.74. The lowest BCUT2D eigenvalue weighted by atomic mass is 9.89. The fraction of sp³-hybridized carbons (Fsp3) is 0.632. The number of likely N-dealkylation sites (tertiary alicyclic amines) is 1. The number of carbonyl (C=O) groups is 1. The zero-order valence-corrected chi connectivity index (χ0v) is 14.8. The monoisotopic (exact) mass is 348 g/mol. The van der Waals surface area contributed by atoms with Crippen molar-refractivity contribution in [3.8, 4) is 5.75 Å². The molecular formula is C19H28N2O4. The number of aryl methyl sites for hydroxylation is 1. The number of nitrogens with zero attached hydrogens (tertiary/aromatic N) is 1. The summed E-state index contributed by atoms with van der Waals surface area (Å²) in [7, 11) is 0. The summed E-state index contributed by atoms with van der Waals surface area (Å²) in [5.41, 5.74) is 1.15. The van der Waals surface area contributed by atoms with Crippen LogP contribution in [0.5, 0.6) is 5.75 Å². The SMILES string of the molecule is Cc1cccc(OCCNC(=O)N2CCCC2C2COCCC2O)c1. The molecule has 0 radical (unpaired) electrons. The molecule has 0 aromatic heterocycles. The Morgan fingerprint density at radius 3 is 3.12 bits per heavy atom. The normalized spacial score (nSPS) is 26.5. The van der Waals surface area contributed by atoms with Gasteiger partial charge in [0.25, 0.3) is 0 Å². The molecule has 3 atom stereocenters. The highest BCUT2D eigenvalue weighted by atomic mass is 16.5. The number of hydrogen-bond acceptors (Lipinski definition) is 4. The van der Waals surface area contributed by atoms with Crippen molar-refractivity contribution in [2.24, 2.45) is 5.92 Å². The lowest BCUT2D eigenvalue weighted by Gasteiger charge is -2.36. The number of amides is 2. The molecule has 2 aliphatic heterocycles. The molecule has 2 aliphatic rings. The van der Waals surface area contributed by atoms with Gasteiger partial charge in [0, 0.05) is 25.1 Å². The number of nitrogens with one attached hydrogen (secondary N) is 1. The van der Waals surface area contributed by atoms with Crippen LogP contribution < -0.4 is 10.1 Å². The summed E-state index contributed by atoms with van der Waals surface area (Å²) in [5.74, 6) is 0.835. The molecule has 25 heavy (non-hydrogen) atoms. The highest BCUT2D eigenvalue weighted by Gasteiger charge is 2.39. The summed E-state index contributed by atoms with van der Waals surface area (Å²) >= 11 is 0. The fourth-order valence-electron chi connectivity index (χ4n) is 3.74. The Kier molecular flexibility index (Phi) is 6.15. The minimum Gasteiger partial charge on any atom is -0.492 e. The Morgan fingerprint density at radius 1 is 1.44 bits per heavy atom. The van der Waals surface area contributed by atoms with Gasteiger partial charge in [-0.1, -0.05) is 12.1 Å². The van der Waals surface area contributed by atoms with Crippen molar-refractivity contribution in [3.63, 3.8) is 0 Å². The van der Waals surface area contributed by atoms with Crippen LogP contribution in [0.4, 0.5) is 4.79 Å². The minimum absolute atomic E-state index is 0.0190. The smallest absolute Gasteiger partial charge is 0.317 e. The van der Waals surface area contributed by atoms with E-state index < -0.39 is 0 Å². The Bertz CT molecular complexity index is 580. The van der Waals surface area contributed by atoms with Gasteiger partial charge in [0.1, 0.15) is 12.4 Å². The second kappa shape index (κ2) is 8.54. The van der Waals surface area contributed by atoms with Crippen molar-refractivity contribution in [2.75, 3.05) is 32.9 Å². The number of aliphatic hydroxyl groups excluding tert-OH is 1. The maximum absolute atomic E-state index is 12.5. The van der Waals surface area contributed by atoms with E-state index in [1.165, 1.54) is 0 Å². The maximum atomic E-state index is 12.5. The van der Waals surface area contributed by atoms with Crippen LogP contribution in [0.3, 0.4) is 0 Å². The van der Waals surface area contributed by atoms with Gasteiger partial charge in [-0.2, -0.15) is 0 Å². The van der Waals surface area contributed by atoms with Crippen LogP contribution in [0.15, 0.2) is 24.3 Å². The first-order chi connectivity index (χ1) is 12.1. The van der Waals surface area contributed by atoms with Gasteiger partial charge in [0.15, 0.2) is 0 Å². The van der Waals surface area contributed by atoms with Gasteiger partial charge in [-0.15, -0.1) is 0 Å². The molecule has 3 rings (SSSR count). The van der Waals surface area contributed by atoms with Gasteiger partial charge in [0.05, 0.1) is 19.3 Å². The van der Waals surface area contributed by atoms with Gasteiger partial charge in [-0.05, 0) is 43.9 Å². The molecule has 2 N–H and O–H groups in total. The zero-order chi connectivity index (χ0) is 17.6. The molecule has 6 nitrogen and oxygen atoms in total. The number of carbonyl (C=O) groups excluding carboxylic acids is 1. The molecular weight excluding hydrogens is 320 g/mol. The molecule has 1 aromatic rings. The summed E-state index contributed by atoms with van der Waals surface area (Å²) < 4.78 is 11.2. The fourth-order valence-corrected chi connectivity index (χ4v) is 3.74. The van der Waals surface area contributed by atoms with E-state index in [1.54, 1.807) is 0 Å². The number of rotatable bonds is 5. The summed E-state index contributed by atoms with van der Waals surface area (Å²) in [6, 6.07) is 7.85. The highest BCUT2D eigenvalue weighted by Crippen LogP contribution is 2.29. The molecule has 2 amide bonds. The van der Waals surface area contributed by atoms with Crippen molar-refractivity contribution in [1.29, 1.82) is 0 Å². The average molecular weight is 348 g/mol. The van der Waals surface area contributed by atoms with Crippen LogP contribution >= 0.6 is 0 Å². The van der Waals surface area contributed by atoms with Gasteiger partial charge in [0.2, 0.25) is 0 Å². The molecule has 2 heterocycles. The Morgan fingerprint density at radius 2 is 2.32 bits per heavy atom. The average Bonchev–Trinajstić information content (AvgIpc) is 3.08. The maximum Gasteiger partial charge on any atom is 0.317 e. The van der Waals surface area contributed by atoms with E-state index >= 15 is 0 Å². The molecule has 0 saturated carbocycles. The van der Waals surface area contributed by atoms with E-state index in [0.29, 0.717) is 32.8 Å². The van der Waals surface area contributed by atoms with E-state index in [0.717, 1.165) is 30.7 Å². The number of hydrogen-bond donors (Lipinski definition) is 2. The molecule has 1 aromatic carbocycles. The van der Waals surface area contributed by atoms with E-state index in [9.17, 15) is 9.90 Å².